The van der Waals surface area contributed by atoms with Crippen LogP contribution in [0.4, 0.5) is 8.78 Å². The first-order chi connectivity index (χ1) is 14.5. The standard InChI is InChI=1S/C23H28F2O6/c1-13-9-10-16-21(3,18(27)23(24,25)17(26)14-7-5-4-6-8-14)29-19-22(16)15(13)11-12-20(2,28-19)30-31-22/h4-8,13,15-16,18-19,27H,9-12H2,1-3H3/t13-,15+,16+,18?,19+,20+,21-,22-/m1/s1. The highest BCUT2D eigenvalue weighted by atomic mass is 19.3. The van der Waals surface area contributed by atoms with Gasteiger partial charge in [-0.1, -0.05) is 37.3 Å². The van der Waals surface area contributed by atoms with Crippen molar-refractivity contribution >= 4 is 5.78 Å². The van der Waals surface area contributed by atoms with E-state index in [0.29, 0.717) is 12.8 Å². The van der Waals surface area contributed by atoms with Crippen LogP contribution in [0.5, 0.6) is 0 Å². The number of Topliss-reactive ketones (excluding diaryl/α,β-unsaturated/α-hetero) is 1. The van der Waals surface area contributed by atoms with Crippen LogP contribution in [0.2, 0.25) is 0 Å². The minimum atomic E-state index is -4.06. The van der Waals surface area contributed by atoms with Crippen LogP contribution < -0.4 is 0 Å². The molecule has 6 rings (SSSR count). The minimum absolute atomic E-state index is 0.0342. The molecule has 1 unspecified atom stereocenters. The lowest BCUT2D eigenvalue weighted by molar-refractivity contribution is -0.541. The summed E-state index contributed by atoms with van der Waals surface area (Å²) in [7, 11) is 0. The number of aliphatic hydroxyl groups excluding tert-OH is 1. The second-order valence-electron chi connectivity index (χ2n) is 9.88. The third-order valence-electron chi connectivity index (χ3n) is 8.00. The number of fused-ring (bicyclic) bond motifs is 2. The number of rotatable bonds is 4. The first-order valence-electron chi connectivity index (χ1n) is 10.9. The van der Waals surface area contributed by atoms with E-state index in [0.717, 1.165) is 12.8 Å². The summed E-state index contributed by atoms with van der Waals surface area (Å²) < 4.78 is 43.0. The topological polar surface area (TPSA) is 74.2 Å². The lowest BCUT2D eigenvalue weighted by atomic mass is 9.58. The van der Waals surface area contributed by atoms with Gasteiger partial charge in [-0.3, -0.25) is 4.79 Å². The minimum Gasteiger partial charge on any atom is -0.383 e. The van der Waals surface area contributed by atoms with Gasteiger partial charge in [-0.15, -0.1) is 0 Å². The normalized spacial score (nSPS) is 45.1. The van der Waals surface area contributed by atoms with Crippen LogP contribution in [0.15, 0.2) is 30.3 Å². The number of carbonyl (C=O) groups excluding carboxylic acids is 1. The number of ketones is 1. The molecule has 0 amide bonds. The van der Waals surface area contributed by atoms with E-state index < -0.39 is 47.0 Å². The molecule has 1 spiro atoms. The van der Waals surface area contributed by atoms with Gasteiger partial charge in [0.1, 0.15) is 5.60 Å². The van der Waals surface area contributed by atoms with Crippen molar-refractivity contribution in [2.24, 2.45) is 17.8 Å². The number of benzene rings is 1. The smallest absolute Gasteiger partial charge is 0.337 e. The molecule has 2 bridgehead atoms. The average molecular weight is 438 g/mol. The molecule has 8 heteroatoms. The number of ether oxygens (including phenoxy) is 2. The highest BCUT2D eigenvalue weighted by Crippen LogP contribution is 2.64. The Bertz CT molecular complexity index is 880. The van der Waals surface area contributed by atoms with Crippen LogP contribution in [-0.2, 0) is 19.2 Å². The summed E-state index contributed by atoms with van der Waals surface area (Å²) in [5, 5.41) is 11.0. The predicted octanol–water partition coefficient (Wildman–Crippen LogP) is 3.87. The number of carbonyl (C=O) groups is 1. The molecule has 8 atom stereocenters. The second kappa shape index (κ2) is 6.78. The van der Waals surface area contributed by atoms with E-state index in [4.69, 9.17) is 19.2 Å². The van der Waals surface area contributed by atoms with Crippen LogP contribution in [0.3, 0.4) is 0 Å². The van der Waals surface area contributed by atoms with Crippen molar-refractivity contribution in [1.29, 1.82) is 0 Å². The third-order valence-corrected chi connectivity index (χ3v) is 8.00. The van der Waals surface area contributed by atoms with Crippen molar-refractivity contribution in [2.75, 3.05) is 0 Å². The van der Waals surface area contributed by atoms with Gasteiger partial charge in [0.25, 0.3) is 0 Å². The summed E-state index contributed by atoms with van der Waals surface area (Å²) >= 11 is 0. The summed E-state index contributed by atoms with van der Waals surface area (Å²) in [6.45, 7) is 5.28. The van der Waals surface area contributed by atoms with Gasteiger partial charge in [-0.25, -0.2) is 9.78 Å². The molecule has 6 nitrogen and oxygen atoms in total. The van der Waals surface area contributed by atoms with Crippen molar-refractivity contribution in [3.63, 3.8) is 0 Å². The molecule has 0 radical (unpaired) electrons. The van der Waals surface area contributed by atoms with Crippen molar-refractivity contribution < 1.29 is 37.9 Å². The number of hydrogen-bond donors (Lipinski definition) is 1. The summed E-state index contributed by atoms with van der Waals surface area (Å²) in [5.41, 5.74) is -3.03. The fraction of sp³-hybridized carbons (Fsp3) is 0.696. The van der Waals surface area contributed by atoms with Crippen molar-refractivity contribution in [1.82, 2.24) is 0 Å². The maximum Gasteiger partial charge on any atom is 0.337 e. The van der Waals surface area contributed by atoms with E-state index in [1.54, 1.807) is 13.0 Å². The fourth-order valence-corrected chi connectivity index (χ4v) is 6.27. The average Bonchev–Trinajstić information content (AvgIpc) is 2.83. The SMILES string of the molecule is C[C@@H]1CC[C@@H]2[C@]34OO[C@@](C)(CC[C@@H]13)O[C@H]4O[C@@]2(C)C(O)C(F)(F)C(=O)c1ccccc1. The van der Waals surface area contributed by atoms with Crippen LogP contribution in [0.1, 0.15) is 56.8 Å². The first kappa shape index (κ1) is 21.4. The largest absolute Gasteiger partial charge is 0.383 e. The Morgan fingerprint density at radius 1 is 1.13 bits per heavy atom. The van der Waals surface area contributed by atoms with E-state index in [2.05, 4.69) is 6.92 Å². The molecular weight excluding hydrogens is 410 g/mol. The van der Waals surface area contributed by atoms with E-state index in [9.17, 15) is 9.90 Å². The highest BCUT2D eigenvalue weighted by Gasteiger charge is 2.77. The molecular formula is C23H28F2O6. The van der Waals surface area contributed by atoms with Gasteiger partial charge in [-0.2, -0.15) is 8.78 Å². The zero-order chi connectivity index (χ0) is 22.2. The van der Waals surface area contributed by atoms with Crippen molar-refractivity contribution in [3.8, 4) is 0 Å². The van der Waals surface area contributed by atoms with Gasteiger partial charge in [0.05, 0.1) is 0 Å². The van der Waals surface area contributed by atoms with Gasteiger partial charge in [-0.05, 0) is 44.9 Å². The maximum atomic E-state index is 15.4. The molecule has 4 heterocycles. The molecule has 1 aromatic rings. The van der Waals surface area contributed by atoms with E-state index >= 15 is 8.78 Å². The zero-order valence-corrected chi connectivity index (χ0v) is 17.8. The van der Waals surface area contributed by atoms with Crippen LogP contribution >= 0.6 is 0 Å². The van der Waals surface area contributed by atoms with Crippen molar-refractivity contribution in [2.45, 2.75) is 81.8 Å². The highest BCUT2D eigenvalue weighted by molar-refractivity contribution is 6.01. The lowest BCUT2D eigenvalue weighted by Crippen LogP contribution is -2.64. The Kier molecular flexibility index (Phi) is 4.68. The molecule has 1 saturated carbocycles. The molecule has 31 heavy (non-hydrogen) atoms. The van der Waals surface area contributed by atoms with Gasteiger partial charge >= 0.3 is 5.92 Å². The van der Waals surface area contributed by atoms with E-state index in [1.165, 1.54) is 31.2 Å². The predicted molar refractivity (Wildman–Crippen MR) is 104 cm³/mol. The first-order valence-corrected chi connectivity index (χ1v) is 10.9. The summed E-state index contributed by atoms with van der Waals surface area (Å²) in [6, 6.07) is 7.27. The summed E-state index contributed by atoms with van der Waals surface area (Å²) in [4.78, 5) is 24.2. The number of halogens is 2. The van der Waals surface area contributed by atoms with Gasteiger partial charge in [0.15, 0.2) is 18.0 Å². The molecule has 4 saturated heterocycles. The van der Waals surface area contributed by atoms with Crippen LogP contribution in [-0.4, -0.2) is 46.2 Å². The van der Waals surface area contributed by atoms with Crippen molar-refractivity contribution in [3.05, 3.63) is 35.9 Å². The molecule has 1 aromatic carbocycles. The quantitative estimate of drug-likeness (QED) is 0.568. The second-order valence-corrected chi connectivity index (χ2v) is 9.88. The van der Waals surface area contributed by atoms with E-state index in [-0.39, 0.29) is 17.4 Å². The van der Waals surface area contributed by atoms with Crippen LogP contribution in [0.25, 0.3) is 0 Å². The monoisotopic (exact) mass is 438 g/mol. The lowest BCUT2D eigenvalue weighted by Gasteiger charge is -2.51. The maximum absolute atomic E-state index is 15.4. The summed E-state index contributed by atoms with van der Waals surface area (Å²) in [6.07, 6.45) is -0.757. The molecule has 170 valence electrons. The Labute approximate surface area is 179 Å². The number of hydrogen-bond acceptors (Lipinski definition) is 6. The number of aliphatic hydroxyl groups is 1. The van der Waals surface area contributed by atoms with Gasteiger partial charge in [0, 0.05) is 17.9 Å². The molecule has 1 aliphatic carbocycles. The van der Waals surface area contributed by atoms with Gasteiger partial charge < -0.3 is 14.6 Å². The number of alkyl halides is 2. The Balaban J connectivity index is 1.54. The Morgan fingerprint density at radius 3 is 2.55 bits per heavy atom. The summed E-state index contributed by atoms with van der Waals surface area (Å²) in [5.74, 6) is -6.95. The van der Waals surface area contributed by atoms with E-state index in [1.807, 2.05) is 0 Å². The Morgan fingerprint density at radius 2 is 1.84 bits per heavy atom. The zero-order valence-electron chi connectivity index (χ0n) is 17.8. The third kappa shape index (κ3) is 2.82. The van der Waals surface area contributed by atoms with Gasteiger partial charge in [0.2, 0.25) is 11.6 Å². The fourth-order valence-electron chi connectivity index (χ4n) is 6.27. The molecule has 5 aliphatic rings. The molecule has 4 aliphatic heterocycles. The molecule has 1 N–H and O–H groups in total. The molecule has 5 fully saturated rings. The van der Waals surface area contributed by atoms with Crippen LogP contribution in [0, 0.1) is 17.8 Å². The Hall–Kier alpha value is -1.45. The molecule has 0 aromatic heterocycles.